The van der Waals surface area contributed by atoms with E-state index in [9.17, 15) is 8.42 Å². The molecule has 1 aliphatic heterocycles. The number of aliphatic imine (C=N–C) groups is 1. The van der Waals surface area contributed by atoms with Gasteiger partial charge in [0.1, 0.15) is 11.6 Å². The lowest BCUT2D eigenvalue weighted by Crippen LogP contribution is -2.19. The van der Waals surface area contributed by atoms with E-state index >= 15 is 0 Å². The number of anilines is 1. The SMILES string of the molecule is CC(C)Oc1ccc(S(=O)(=O)Nc2ccc(C3=NCCN3)cc2)cc1. The number of amidine groups is 1. The van der Waals surface area contributed by atoms with Gasteiger partial charge in [-0.15, -0.1) is 0 Å². The monoisotopic (exact) mass is 359 g/mol. The minimum absolute atomic E-state index is 0.0399. The highest BCUT2D eigenvalue weighted by atomic mass is 32.2. The molecule has 0 spiro atoms. The van der Waals surface area contributed by atoms with Crippen molar-refractivity contribution in [1.29, 1.82) is 0 Å². The van der Waals surface area contributed by atoms with Crippen LogP contribution in [-0.2, 0) is 10.0 Å². The maximum atomic E-state index is 12.5. The Bertz CT molecular complexity index is 857. The third kappa shape index (κ3) is 4.30. The zero-order chi connectivity index (χ0) is 17.9. The topological polar surface area (TPSA) is 79.8 Å². The molecule has 0 atom stereocenters. The van der Waals surface area contributed by atoms with E-state index in [0.29, 0.717) is 11.4 Å². The molecule has 0 saturated heterocycles. The van der Waals surface area contributed by atoms with Crippen LogP contribution in [0.15, 0.2) is 58.4 Å². The molecule has 2 aromatic carbocycles. The van der Waals surface area contributed by atoms with Crippen molar-refractivity contribution >= 4 is 21.5 Å². The van der Waals surface area contributed by atoms with Gasteiger partial charge in [-0.3, -0.25) is 9.71 Å². The molecule has 2 N–H and O–H groups in total. The fraction of sp³-hybridized carbons (Fsp3) is 0.278. The van der Waals surface area contributed by atoms with Gasteiger partial charge in [0.25, 0.3) is 10.0 Å². The maximum absolute atomic E-state index is 12.5. The smallest absolute Gasteiger partial charge is 0.261 e. The highest BCUT2D eigenvalue weighted by molar-refractivity contribution is 7.92. The second kappa shape index (κ2) is 7.14. The number of ether oxygens (including phenoxy) is 1. The first-order chi connectivity index (χ1) is 11.9. The van der Waals surface area contributed by atoms with Gasteiger partial charge < -0.3 is 10.1 Å². The molecule has 3 rings (SSSR count). The number of nitrogens with one attached hydrogen (secondary N) is 2. The van der Waals surface area contributed by atoms with E-state index in [1.165, 1.54) is 12.1 Å². The predicted molar refractivity (Wildman–Crippen MR) is 98.9 cm³/mol. The molecule has 2 aromatic rings. The molecule has 6 nitrogen and oxygen atoms in total. The molecule has 0 radical (unpaired) electrons. The lowest BCUT2D eigenvalue weighted by atomic mass is 10.2. The van der Waals surface area contributed by atoms with Gasteiger partial charge in [0.05, 0.1) is 17.5 Å². The van der Waals surface area contributed by atoms with Crippen LogP contribution in [0.25, 0.3) is 0 Å². The molecule has 0 unspecified atom stereocenters. The molecule has 0 bridgehead atoms. The van der Waals surface area contributed by atoms with Crippen LogP contribution in [-0.4, -0.2) is 33.4 Å². The van der Waals surface area contributed by atoms with Crippen LogP contribution in [0.3, 0.4) is 0 Å². The lowest BCUT2D eigenvalue weighted by molar-refractivity contribution is 0.242. The molecule has 132 valence electrons. The second-order valence-corrected chi connectivity index (χ2v) is 7.66. The summed E-state index contributed by atoms with van der Waals surface area (Å²) in [6.07, 6.45) is 0.0399. The summed E-state index contributed by atoms with van der Waals surface area (Å²) in [5.41, 5.74) is 1.44. The van der Waals surface area contributed by atoms with Crippen LogP contribution in [0.2, 0.25) is 0 Å². The largest absolute Gasteiger partial charge is 0.491 e. The van der Waals surface area contributed by atoms with Crippen molar-refractivity contribution in [3.05, 3.63) is 54.1 Å². The average Bonchev–Trinajstić information content (AvgIpc) is 3.09. The summed E-state index contributed by atoms with van der Waals surface area (Å²) in [4.78, 5) is 4.53. The molecular formula is C18H21N3O3S. The number of hydrogen-bond acceptors (Lipinski definition) is 5. The van der Waals surface area contributed by atoms with E-state index in [2.05, 4.69) is 15.0 Å². The minimum Gasteiger partial charge on any atom is -0.491 e. The summed E-state index contributed by atoms with van der Waals surface area (Å²) < 4.78 is 33.1. The zero-order valence-corrected chi connectivity index (χ0v) is 15.0. The van der Waals surface area contributed by atoms with Crippen molar-refractivity contribution in [2.45, 2.75) is 24.8 Å². The van der Waals surface area contributed by atoms with Crippen molar-refractivity contribution in [2.24, 2.45) is 4.99 Å². The van der Waals surface area contributed by atoms with Crippen LogP contribution >= 0.6 is 0 Å². The van der Waals surface area contributed by atoms with Crippen molar-refractivity contribution in [3.8, 4) is 5.75 Å². The third-order valence-corrected chi connectivity index (χ3v) is 4.99. The third-order valence-electron chi connectivity index (χ3n) is 3.59. The van der Waals surface area contributed by atoms with Crippen molar-refractivity contribution < 1.29 is 13.2 Å². The van der Waals surface area contributed by atoms with Crippen LogP contribution in [0.4, 0.5) is 5.69 Å². The first kappa shape index (κ1) is 17.3. The van der Waals surface area contributed by atoms with Crippen LogP contribution in [0.5, 0.6) is 5.75 Å². The molecule has 25 heavy (non-hydrogen) atoms. The van der Waals surface area contributed by atoms with E-state index in [1.54, 1.807) is 24.3 Å². The summed E-state index contributed by atoms with van der Waals surface area (Å²) in [5, 5.41) is 3.18. The molecule has 0 aromatic heterocycles. The second-order valence-electron chi connectivity index (χ2n) is 5.98. The average molecular weight is 359 g/mol. The summed E-state index contributed by atoms with van der Waals surface area (Å²) >= 11 is 0. The number of benzene rings is 2. The van der Waals surface area contributed by atoms with Gasteiger partial charge in [0, 0.05) is 17.8 Å². The highest BCUT2D eigenvalue weighted by Gasteiger charge is 2.15. The standard InChI is InChI=1S/C18H21N3O3S/c1-13(2)24-16-7-9-17(10-8-16)25(22,23)21-15-5-3-14(4-6-15)18-19-11-12-20-18/h3-10,13,21H,11-12H2,1-2H3,(H,19,20). The molecule has 7 heteroatoms. The van der Waals surface area contributed by atoms with Crippen LogP contribution in [0.1, 0.15) is 19.4 Å². The minimum atomic E-state index is -3.64. The predicted octanol–water partition coefficient (Wildman–Crippen LogP) is 2.62. The summed E-state index contributed by atoms with van der Waals surface area (Å²) in [6, 6.07) is 13.5. The first-order valence-electron chi connectivity index (χ1n) is 8.12. The van der Waals surface area contributed by atoms with Gasteiger partial charge in [-0.05, 0) is 62.4 Å². The van der Waals surface area contributed by atoms with E-state index in [1.807, 2.05) is 26.0 Å². The van der Waals surface area contributed by atoms with E-state index in [0.717, 1.165) is 24.5 Å². The highest BCUT2D eigenvalue weighted by Crippen LogP contribution is 2.20. The van der Waals surface area contributed by atoms with Gasteiger partial charge >= 0.3 is 0 Å². The van der Waals surface area contributed by atoms with Gasteiger partial charge in [-0.2, -0.15) is 0 Å². The Balaban J connectivity index is 1.72. The zero-order valence-electron chi connectivity index (χ0n) is 14.2. The Labute approximate surface area is 148 Å². The fourth-order valence-electron chi connectivity index (χ4n) is 2.47. The summed E-state index contributed by atoms with van der Waals surface area (Å²) in [7, 11) is -3.64. The summed E-state index contributed by atoms with van der Waals surface area (Å²) in [6.45, 7) is 5.44. The Morgan fingerprint density at radius 3 is 2.32 bits per heavy atom. The molecular weight excluding hydrogens is 338 g/mol. The van der Waals surface area contributed by atoms with Crippen LogP contribution < -0.4 is 14.8 Å². The molecule has 1 aliphatic rings. The Hall–Kier alpha value is -2.54. The number of rotatable bonds is 6. The quantitative estimate of drug-likeness (QED) is 0.831. The maximum Gasteiger partial charge on any atom is 0.261 e. The molecule has 1 heterocycles. The van der Waals surface area contributed by atoms with Gasteiger partial charge in [-0.1, -0.05) is 0 Å². The van der Waals surface area contributed by atoms with Gasteiger partial charge in [0.15, 0.2) is 0 Å². The van der Waals surface area contributed by atoms with Crippen molar-refractivity contribution in [1.82, 2.24) is 5.32 Å². The molecule has 0 fully saturated rings. The Kier molecular flexibility index (Phi) is 4.94. The number of hydrogen-bond donors (Lipinski definition) is 2. The van der Waals surface area contributed by atoms with E-state index in [-0.39, 0.29) is 11.0 Å². The summed E-state index contributed by atoms with van der Waals surface area (Å²) in [5.74, 6) is 1.48. The Morgan fingerprint density at radius 1 is 1.08 bits per heavy atom. The van der Waals surface area contributed by atoms with Crippen molar-refractivity contribution in [3.63, 3.8) is 0 Å². The molecule has 0 saturated carbocycles. The van der Waals surface area contributed by atoms with E-state index < -0.39 is 10.0 Å². The normalized spacial score (nSPS) is 14.1. The fourth-order valence-corrected chi connectivity index (χ4v) is 3.53. The lowest BCUT2D eigenvalue weighted by Gasteiger charge is -2.11. The number of nitrogens with zero attached hydrogens (tertiary/aromatic N) is 1. The van der Waals surface area contributed by atoms with Gasteiger partial charge in [-0.25, -0.2) is 8.42 Å². The first-order valence-corrected chi connectivity index (χ1v) is 9.61. The molecule has 0 amide bonds. The molecule has 0 aliphatic carbocycles. The Morgan fingerprint density at radius 2 is 1.76 bits per heavy atom. The number of sulfonamides is 1. The van der Waals surface area contributed by atoms with Crippen LogP contribution in [0, 0.1) is 0 Å². The van der Waals surface area contributed by atoms with Crippen molar-refractivity contribution in [2.75, 3.05) is 17.8 Å². The van der Waals surface area contributed by atoms with E-state index in [4.69, 9.17) is 4.74 Å². The van der Waals surface area contributed by atoms with Gasteiger partial charge in [0.2, 0.25) is 0 Å².